The van der Waals surface area contributed by atoms with E-state index in [1.165, 1.54) is 19.3 Å². The Balaban J connectivity index is 2.03. The summed E-state index contributed by atoms with van der Waals surface area (Å²) in [4.78, 5) is 2.52. The highest BCUT2D eigenvalue weighted by Gasteiger charge is 2.30. The predicted molar refractivity (Wildman–Crippen MR) is 75.6 cm³/mol. The van der Waals surface area contributed by atoms with Crippen molar-refractivity contribution < 1.29 is 4.74 Å². The maximum Gasteiger partial charge on any atom is 0.0824 e. The fourth-order valence-corrected chi connectivity index (χ4v) is 3.31. The number of nitrogens with zero attached hydrogens (tertiary/aromatic N) is 1. The van der Waals surface area contributed by atoms with E-state index in [-0.39, 0.29) is 6.10 Å². The van der Waals surface area contributed by atoms with Gasteiger partial charge >= 0.3 is 0 Å². The summed E-state index contributed by atoms with van der Waals surface area (Å²) in [5.74, 6) is 0. The molecular formula is C15H28N2O. The molecule has 2 rings (SSSR count). The molecule has 3 heteroatoms. The van der Waals surface area contributed by atoms with Crippen molar-refractivity contribution in [3.05, 3.63) is 11.1 Å². The van der Waals surface area contributed by atoms with Crippen molar-refractivity contribution in [2.24, 2.45) is 11.1 Å². The number of morpholine rings is 1. The van der Waals surface area contributed by atoms with E-state index >= 15 is 0 Å². The van der Waals surface area contributed by atoms with Gasteiger partial charge in [0.25, 0.3) is 0 Å². The molecule has 0 bridgehead atoms. The van der Waals surface area contributed by atoms with Gasteiger partial charge in [-0.15, -0.1) is 0 Å². The van der Waals surface area contributed by atoms with Gasteiger partial charge in [0.15, 0.2) is 0 Å². The van der Waals surface area contributed by atoms with Gasteiger partial charge in [0.05, 0.1) is 12.7 Å². The van der Waals surface area contributed by atoms with Gasteiger partial charge in [-0.2, -0.15) is 0 Å². The highest BCUT2D eigenvalue weighted by Crippen LogP contribution is 2.40. The van der Waals surface area contributed by atoms with Crippen molar-refractivity contribution in [2.75, 3.05) is 32.8 Å². The van der Waals surface area contributed by atoms with E-state index in [9.17, 15) is 0 Å². The lowest BCUT2D eigenvalue weighted by atomic mass is 9.72. The van der Waals surface area contributed by atoms with Crippen LogP contribution in [0.4, 0.5) is 0 Å². The number of ether oxygens (including phenoxy) is 1. The third kappa shape index (κ3) is 3.14. The molecule has 0 spiro atoms. The zero-order valence-corrected chi connectivity index (χ0v) is 12.2. The lowest BCUT2D eigenvalue weighted by Crippen LogP contribution is -2.47. The van der Waals surface area contributed by atoms with Gasteiger partial charge in [0, 0.05) is 26.2 Å². The highest BCUT2D eigenvalue weighted by molar-refractivity contribution is 5.24. The molecule has 0 aromatic carbocycles. The van der Waals surface area contributed by atoms with Crippen LogP contribution >= 0.6 is 0 Å². The zero-order valence-electron chi connectivity index (χ0n) is 12.2. The number of hydrogen-bond donors (Lipinski definition) is 1. The molecule has 1 saturated heterocycles. The van der Waals surface area contributed by atoms with Crippen LogP contribution < -0.4 is 5.73 Å². The zero-order chi connectivity index (χ0) is 13.2. The van der Waals surface area contributed by atoms with Crippen LogP contribution in [0.2, 0.25) is 0 Å². The summed E-state index contributed by atoms with van der Waals surface area (Å²) in [6.45, 7) is 11.7. The Hall–Kier alpha value is -0.380. The molecule has 1 atom stereocenters. The number of nitrogens with two attached hydrogens (primary N) is 1. The number of allylic oxidation sites excluding steroid dienone is 1. The van der Waals surface area contributed by atoms with Crippen LogP contribution in [0.25, 0.3) is 0 Å². The van der Waals surface area contributed by atoms with Crippen LogP contribution in [0.15, 0.2) is 11.1 Å². The molecule has 0 saturated carbocycles. The van der Waals surface area contributed by atoms with E-state index in [1.54, 1.807) is 11.1 Å². The minimum Gasteiger partial charge on any atom is -0.374 e. The van der Waals surface area contributed by atoms with Gasteiger partial charge < -0.3 is 10.5 Å². The summed E-state index contributed by atoms with van der Waals surface area (Å²) in [6, 6.07) is 0. The fourth-order valence-electron chi connectivity index (χ4n) is 3.31. The van der Waals surface area contributed by atoms with Crippen LogP contribution in [0.1, 0.15) is 40.0 Å². The first-order chi connectivity index (χ1) is 8.53. The molecule has 104 valence electrons. The van der Waals surface area contributed by atoms with Crippen LogP contribution in [-0.2, 0) is 4.74 Å². The molecule has 0 aromatic heterocycles. The van der Waals surface area contributed by atoms with Crippen molar-refractivity contribution in [3.63, 3.8) is 0 Å². The molecule has 0 aromatic rings. The summed E-state index contributed by atoms with van der Waals surface area (Å²) in [5, 5.41) is 0. The molecule has 1 aliphatic carbocycles. The van der Waals surface area contributed by atoms with Gasteiger partial charge in [-0.25, -0.2) is 0 Å². The van der Waals surface area contributed by atoms with Crippen LogP contribution in [-0.4, -0.2) is 43.8 Å². The van der Waals surface area contributed by atoms with E-state index in [0.29, 0.717) is 12.0 Å². The highest BCUT2D eigenvalue weighted by atomic mass is 16.5. The van der Waals surface area contributed by atoms with E-state index in [1.807, 2.05) is 0 Å². The average Bonchev–Trinajstić information content (AvgIpc) is 2.34. The Morgan fingerprint density at radius 2 is 2.22 bits per heavy atom. The minimum absolute atomic E-state index is 0.228. The second kappa shape index (κ2) is 5.72. The summed E-state index contributed by atoms with van der Waals surface area (Å²) in [6.07, 6.45) is 4.18. The van der Waals surface area contributed by atoms with Crippen LogP contribution in [0.3, 0.4) is 0 Å². The molecular weight excluding hydrogens is 224 g/mol. The first-order valence-corrected chi connectivity index (χ1v) is 7.26. The normalized spacial score (nSPS) is 29.7. The van der Waals surface area contributed by atoms with Crippen molar-refractivity contribution in [2.45, 2.75) is 46.1 Å². The van der Waals surface area contributed by atoms with Gasteiger partial charge in [-0.3, -0.25) is 4.90 Å². The van der Waals surface area contributed by atoms with Crippen molar-refractivity contribution in [1.82, 2.24) is 4.90 Å². The van der Waals surface area contributed by atoms with E-state index < -0.39 is 0 Å². The summed E-state index contributed by atoms with van der Waals surface area (Å²) >= 11 is 0. The quantitative estimate of drug-likeness (QED) is 0.782. The summed E-state index contributed by atoms with van der Waals surface area (Å²) in [5.41, 5.74) is 9.36. The second-order valence-electron chi connectivity index (χ2n) is 6.46. The predicted octanol–water partition coefficient (Wildman–Crippen LogP) is 2.17. The van der Waals surface area contributed by atoms with Gasteiger partial charge in [0.1, 0.15) is 0 Å². The molecule has 18 heavy (non-hydrogen) atoms. The number of rotatable bonds is 3. The molecule has 2 N–H and O–H groups in total. The van der Waals surface area contributed by atoms with Gasteiger partial charge in [-0.1, -0.05) is 25.0 Å². The fraction of sp³-hybridized carbons (Fsp3) is 0.867. The third-order valence-corrected chi connectivity index (χ3v) is 4.55. The van der Waals surface area contributed by atoms with Crippen molar-refractivity contribution >= 4 is 0 Å². The molecule has 2 aliphatic rings. The third-order valence-electron chi connectivity index (χ3n) is 4.55. The smallest absolute Gasteiger partial charge is 0.0824 e. The molecule has 0 unspecified atom stereocenters. The topological polar surface area (TPSA) is 38.5 Å². The molecule has 3 nitrogen and oxygen atoms in total. The Labute approximate surface area is 111 Å². The first-order valence-electron chi connectivity index (χ1n) is 7.26. The van der Waals surface area contributed by atoms with Gasteiger partial charge in [-0.05, 0) is 31.6 Å². The molecule has 0 amide bonds. The van der Waals surface area contributed by atoms with E-state index in [4.69, 9.17) is 10.5 Å². The molecule has 1 fully saturated rings. The SMILES string of the molecule is CC1=C(CN2CCO[C@H](CN)C2)C(C)(C)CCC1. The molecule has 1 heterocycles. The van der Waals surface area contributed by atoms with Crippen molar-refractivity contribution in [1.29, 1.82) is 0 Å². The second-order valence-corrected chi connectivity index (χ2v) is 6.46. The Bertz CT molecular complexity index is 322. The van der Waals surface area contributed by atoms with Crippen LogP contribution in [0.5, 0.6) is 0 Å². The Morgan fingerprint density at radius 1 is 1.44 bits per heavy atom. The maximum absolute atomic E-state index is 5.72. The average molecular weight is 252 g/mol. The lowest BCUT2D eigenvalue weighted by molar-refractivity contribution is -0.0214. The Morgan fingerprint density at radius 3 is 2.89 bits per heavy atom. The first kappa shape index (κ1) is 14.0. The standard InChI is InChI=1S/C15H28N2O/c1-12-5-4-6-15(2,3)14(12)11-17-7-8-18-13(9-16)10-17/h13H,4-11,16H2,1-3H3/t13-/m1/s1. The largest absolute Gasteiger partial charge is 0.374 e. The van der Waals surface area contributed by atoms with Gasteiger partial charge in [0.2, 0.25) is 0 Å². The minimum atomic E-state index is 0.228. The molecule has 1 aliphatic heterocycles. The maximum atomic E-state index is 5.72. The van der Waals surface area contributed by atoms with Crippen LogP contribution in [0, 0.1) is 5.41 Å². The van der Waals surface area contributed by atoms with Crippen molar-refractivity contribution in [3.8, 4) is 0 Å². The Kier molecular flexibility index (Phi) is 4.46. The molecule has 0 radical (unpaired) electrons. The monoisotopic (exact) mass is 252 g/mol. The lowest BCUT2D eigenvalue weighted by Gasteiger charge is -2.40. The summed E-state index contributed by atoms with van der Waals surface area (Å²) < 4.78 is 5.64. The van der Waals surface area contributed by atoms with E-state index in [0.717, 1.165) is 26.2 Å². The number of hydrogen-bond acceptors (Lipinski definition) is 3. The van der Waals surface area contributed by atoms with E-state index in [2.05, 4.69) is 25.7 Å². The summed E-state index contributed by atoms with van der Waals surface area (Å²) in [7, 11) is 0.